The summed E-state index contributed by atoms with van der Waals surface area (Å²) in [5.74, 6) is 2.23. The molecule has 15 aromatic rings. The molecule has 2 aliphatic rings. The molecule has 462 valence electrons. The molecule has 2 unspecified atom stereocenters. The molecule has 5 nitrogen and oxygen atoms in total. The summed E-state index contributed by atoms with van der Waals surface area (Å²) in [4.78, 5) is 4.40. The van der Waals surface area contributed by atoms with Gasteiger partial charge >= 0.3 is 0 Å². The number of hydrogen-bond donors (Lipinski definition) is 0. The highest BCUT2D eigenvalue weighted by Gasteiger charge is 2.48. The molecule has 2 aliphatic carbocycles. The van der Waals surface area contributed by atoms with Gasteiger partial charge in [-0.3, -0.25) is 0 Å². The van der Waals surface area contributed by atoms with Crippen LogP contribution in [0.15, 0.2) is 345 Å². The van der Waals surface area contributed by atoms with Gasteiger partial charge in [-0.05, 0) is 236 Å². The molecule has 1 heterocycles. The van der Waals surface area contributed by atoms with Crippen LogP contribution in [0.25, 0.3) is 56.3 Å². The van der Waals surface area contributed by atoms with E-state index in [9.17, 15) is 0 Å². The van der Waals surface area contributed by atoms with E-state index >= 15 is 8.78 Å². The summed E-state index contributed by atoms with van der Waals surface area (Å²) in [6, 6.07) is 111. The van der Waals surface area contributed by atoms with Crippen molar-refractivity contribution in [2.45, 2.75) is 10.8 Å². The number of rotatable bonds is 16. The van der Waals surface area contributed by atoms with Gasteiger partial charge in [0, 0.05) is 44.9 Å². The number of hydrogen-bond acceptors (Lipinski definition) is 5. The summed E-state index contributed by atoms with van der Waals surface area (Å²) in [6.45, 7) is 7.82. The first kappa shape index (κ1) is 58.3. The van der Waals surface area contributed by atoms with E-state index in [2.05, 4.69) is 241 Å². The topological polar surface area (TPSA) is 38.1 Å². The highest BCUT2D eigenvalue weighted by atomic mass is 19.1. The van der Waals surface area contributed by atoms with Crippen LogP contribution in [0.3, 0.4) is 0 Å². The lowest BCUT2D eigenvalue weighted by Gasteiger charge is -2.35. The second-order valence-corrected chi connectivity index (χ2v) is 24.7. The minimum absolute atomic E-state index is 0.336. The Morgan fingerprint density at radius 2 is 0.598 bits per heavy atom. The summed E-state index contributed by atoms with van der Waals surface area (Å²) in [6.07, 6.45) is 3.64. The predicted octanol–water partition coefficient (Wildman–Crippen LogP) is 24.4. The Bertz CT molecular complexity index is 5160. The van der Waals surface area contributed by atoms with Crippen molar-refractivity contribution >= 4 is 68.2 Å². The quantitative estimate of drug-likeness (QED) is 0.0964. The van der Waals surface area contributed by atoms with Gasteiger partial charge in [0.05, 0.1) is 10.8 Å². The van der Waals surface area contributed by atoms with Crippen LogP contribution in [0.4, 0.5) is 42.9 Å². The minimum Gasteiger partial charge on any atom is -0.457 e. The molecule has 1 aromatic heterocycles. The fraction of sp³-hybridized carbons (Fsp3) is 0.0222. The number of halogens is 2. The van der Waals surface area contributed by atoms with E-state index in [0.29, 0.717) is 11.2 Å². The van der Waals surface area contributed by atoms with Crippen LogP contribution in [-0.2, 0) is 10.8 Å². The van der Waals surface area contributed by atoms with E-state index in [1.54, 1.807) is 0 Å². The lowest BCUT2D eigenvalue weighted by molar-refractivity contribution is 0.482. The Morgan fingerprint density at radius 1 is 0.289 bits per heavy atom. The van der Waals surface area contributed by atoms with Gasteiger partial charge in [-0.15, -0.1) is 0 Å². The smallest absolute Gasteiger partial charge is 0.135 e. The van der Waals surface area contributed by atoms with Crippen LogP contribution in [0.5, 0.6) is 23.0 Å². The molecular formula is C90H60F2N2O3. The number of benzene rings is 14. The molecule has 2 atom stereocenters. The molecule has 0 bridgehead atoms. The average molecular weight is 1260 g/mol. The second-order valence-electron chi connectivity index (χ2n) is 24.7. The van der Waals surface area contributed by atoms with Crippen molar-refractivity contribution in [3.63, 3.8) is 0 Å². The van der Waals surface area contributed by atoms with E-state index in [4.69, 9.17) is 13.9 Å². The number of furan rings is 1. The number of fused-ring (bicyclic) bond motifs is 9. The van der Waals surface area contributed by atoms with E-state index < -0.39 is 10.8 Å². The number of anilines is 6. The predicted molar refractivity (Wildman–Crippen MR) is 391 cm³/mol. The maximum absolute atomic E-state index is 15.2. The Kier molecular flexibility index (Phi) is 14.3. The first-order valence-corrected chi connectivity index (χ1v) is 32.4. The zero-order valence-corrected chi connectivity index (χ0v) is 52.6. The average Bonchev–Trinajstić information content (AvgIpc) is 1.56. The zero-order valence-electron chi connectivity index (χ0n) is 52.6. The summed E-state index contributed by atoms with van der Waals surface area (Å²) < 4.78 is 50.0. The van der Waals surface area contributed by atoms with Crippen LogP contribution in [0.2, 0.25) is 0 Å². The third-order valence-electron chi connectivity index (χ3n) is 19.4. The molecule has 97 heavy (non-hydrogen) atoms. The van der Waals surface area contributed by atoms with Crippen molar-refractivity contribution < 1.29 is 22.7 Å². The first-order chi connectivity index (χ1) is 47.7. The molecule has 17 rings (SSSR count). The van der Waals surface area contributed by atoms with Crippen molar-refractivity contribution in [2.24, 2.45) is 0 Å². The van der Waals surface area contributed by atoms with E-state index in [1.807, 2.05) is 97.1 Å². The van der Waals surface area contributed by atoms with E-state index in [1.165, 1.54) is 24.3 Å². The Labute approximate surface area is 561 Å². The molecular weight excluding hydrogens is 1190 g/mol. The van der Waals surface area contributed by atoms with Crippen LogP contribution < -0.4 is 19.3 Å². The summed E-state index contributed by atoms with van der Waals surface area (Å²) in [7, 11) is 0. The van der Waals surface area contributed by atoms with Crippen molar-refractivity contribution in [1.29, 1.82) is 0 Å². The number of nitrogens with zero attached hydrogens (tertiary/aromatic N) is 2. The molecule has 0 amide bonds. The van der Waals surface area contributed by atoms with Gasteiger partial charge in [0.15, 0.2) is 0 Å². The van der Waals surface area contributed by atoms with Crippen molar-refractivity contribution in [1.82, 2.24) is 0 Å². The largest absolute Gasteiger partial charge is 0.457 e. The Hall–Kier alpha value is -12.6. The van der Waals surface area contributed by atoms with Crippen LogP contribution in [0, 0.1) is 11.6 Å². The molecule has 0 spiro atoms. The van der Waals surface area contributed by atoms with Crippen LogP contribution in [0.1, 0.15) is 55.6 Å². The lowest BCUT2D eigenvalue weighted by atomic mass is 9.67. The van der Waals surface area contributed by atoms with E-state index in [0.717, 1.165) is 146 Å². The lowest BCUT2D eigenvalue weighted by Crippen LogP contribution is -2.28. The van der Waals surface area contributed by atoms with Gasteiger partial charge in [-0.25, -0.2) is 8.78 Å². The van der Waals surface area contributed by atoms with Gasteiger partial charge in [-0.2, -0.15) is 0 Å². The van der Waals surface area contributed by atoms with Crippen LogP contribution >= 0.6 is 0 Å². The fourth-order valence-corrected chi connectivity index (χ4v) is 15.0. The molecule has 0 N–H and O–H groups in total. The van der Waals surface area contributed by atoms with Crippen molar-refractivity contribution in [2.75, 3.05) is 9.80 Å². The Balaban J connectivity index is 0.801. The fourth-order valence-electron chi connectivity index (χ4n) is 15.0. The Morgan fingerprint density at radius 3 is 0.979 bits per heavy atom. The highest BCUT2D eigenvalue weighted by Crippen LogP contribution is 2.60. The summed E-state index contributed by atoms with van der Waals surface area (Å²) >= 11 is 0. The van der Waals surface area contributed by atoms with Crippen LogP contribution in [-0.4, -0.2) is 0 Å². The maximum atomic E-state index is 15.2. The minimum atomic E-state index is -0.758. The number of ether oxygens (including phenoxy) is 2. The van der Waals surface area contributed by atoms with E-state index in [-0.39, 0.29) is 11.6 Å². The molecule has 14 aromatic carbocycles. The van der Waals surface area contributed by atoms with Gasteiger partial charge < -0.3 is 23.7 Å². The third-order valence-corrected chi connectivity index (χ3v) is 19.4. The summed E-state index contributed by atoms with van der Waals surface area (Å²) in [5.41, 5.74) is 20.3. The van der Waals surface area contributed by atoms with Gasteiger partial charge in [-0.1, -0.05) is 195 Å². The molecule has 0 saturated carbocycles. The SMILES string of the molecule is C=Cc1ccc(Oc2ccc(C3(c4ccccc4)c4ccccc4-c4ccc(N(c5ccc(F)cc5)c5ccc6oc7ccc(N(c8ccc(F)cc8)c8ccc9c(c8)C(c8ccccc8)(c8ccc(Oc%10ccc(C=C)cc%10)cc8)c8ccccc8-9)cc7c6c5)cc43)cc2)cc1. The van der Waals surface area contributed by atoms with Gasteiger partial charge in [0.25, 0.3) is 0 Å². The normalized spacial score (nSPS) is 14.9. The zero-order chi connectivity index (χ0) is 65.2. The van der Waals surface area contributed by atoms with Gasteiger partial charge in [0.1, 0.15) is 45.8 Å². The highest BCUT2D eigenvalue weighted by molar-refractivity contribution is 6.08. The second kappa shape index (κ2) is 23.8. The summed E-state index contributed by atoms with van der Waals surface area (Å²) in [5, 5.41) is 1.75. The molecule has 0 saturated heterocycles. The molecule has 0 aliphatic heterocycles. The monoisotopic (exact) mass is 1250 g/mol. The van der Waals surface area contributed by atoms with Crippen molar-refractivity contribution in [3.05, 3.63) is 408 Å². The van der Waals surface area contributed by atoms with Gasteiger partial charge in [0.2, 0.25) is 0 Å². The maximum Gasteiger partial charge on any atom is 0.135 e. The third kappa shape index (κ3) is 9.81. The van der Waals surface area contributed by atoms with Crippen molar-refractivity contribution in [3.8, 4) is 45.3 Å². The molecule has 0 radical (unpaired) electrons. The molecule has 0 fully saturated rings. The standard InChI is InChI=1S/C90H60F2N2O3/c1-3-59-23-43-73(44-24-59)95-75-47-27-63(28-48-75)89(61-15-7-5-8-16-61)83-21-13-11-19-77(83)79-51-39-71(57-85(79)89)93(67-35-31-65(91)32-36-67)69-41-53-87-81(55-69)82-56-70(42-54-88(82)97-87)94(68-37-33-66(92)34-38-68)72-40-52-80-78-20-12-14-22-84(78)90(86(80)58-72,62-17-9-6-10-18-62)64-29-49-76(50-30-64)96-74-45-25-60(4-2)26-46-74/h3-58H,1-2H2. The molecule has 7 heteroatoms. The first-order valence-electron chi connectivity index (χ1n) is 32.4.